The third kappa shape index (κ3) is 1.71. The molecule has 7 nitrogen and oxygen atoms in total. The lowest BCUT2D eigenvalue weighted by Crippen LogP contribution is -2.10. The second-order valence-corrected chi connectivity index (χ2v) is 3.08. The molecule has 2 N–H and O–H groups in total. The van der Waals surface area contributed by atoms with E-state index in [0.29, 0.717) is 11.6 Å². The molecule has 0 radical (unpaired) electrons. The summed E-state index contributed by atoms with van der Waals surface area (Å²) >= 11 is 0. The molecule has 2 aromatic rings. The predicted octanol–water partition coefficient (Wildman–Crippen LogP) is 0.175. The lowest BCUT2D eigenvalue weighted by molar-refractivity contribution is 0.429. The molecule has 15 heavy (non-hydrogen) atoms. The van der Waals surface area contributed by atoms with Crippen molar-refractivity contribution in [3.8, 4) is 11.6 Å². The van der Waals surface area contributed by atoms with Crippen molar-refractivity contribution in [3.05, 3.63) is 12.4 Å². The highest BCUT2D eigenvalue weighted by molar-refractivity contribution is 5.62. The maximum Gasteiger partial charge on any atom is 0.281 e. The summed E-state index contributed by atoms with van der Waals surface area (Å²) in [6, 6.07) is 0. The fourth-order valence-electron chi connectivity index (χ4n) is 1.01. The number of nitrogens with zero attached hydrogens (tertiary/aromatic N) is 5. The highest BCUT2D eigenvalue weighted by atomic mass is 16.5. The van der Waals surface area contributed by atoms with Gasteiger partial charge in [0.1, 0.15) is 0 Å². The van der Waals surface area contributed by atoms with Crippen molar-refractivity contribution in [2.75, 3.05) is 24.7 Å². The van der Waals surface area contributed by atoms with Crippen molar-refractivity contribution < 1.29 is 4.52 Å². The van der Waals surface area contributed by atoms with Crippen molar-refractivity contribution in [1.82, 2.24) is 20.1 Å². The quantitative estimate of drug-likeness (QED) is 0.748. The summed E-state index contributed by atoms with van der Waals surface area (Å²) in [6.07, 6.45) is 3.02. The van der Waals surface area contributed by atoms with Crippen LogP contribution in [0.2, 0.25) is 0 Å². The Balaban J connectivity index is 2.42. The van der Waals surface area contributed by atoms with E-state index in [1.54, 1.807) is 4.90 Å². The Morgan fingerprint density at radius 2 is 2.00 bits per heavy atom. The molecule has 0 saturated carbocycles. The monoisotopic (exact) mass is 206 g/mol. The molecule has 0 spiro atoms. The smallest absolute Gasteiger partial charge is 0.281 e. The van der Waals surface area contributed by atoms with E-state index in [1.807, 2.05) is 14.1 Å². The SMILES string of the molecule is CN(C)c1noc(-c2nccnc2N)n1. The Hall–Kier alpha value is -2.18. The average Bonchev–Trinajstić information content (AvgIpc) is 2.67. The predicted molar refractivity (Wildman–Crippen MR) is 54.1 cm³/mol. The second-order valence-electron chi connectivity index (χ2n) is 3.08. The summed E-state index contributed by atoms with van der Waals surface area (Å²) in [5.74, 6) is 1.01. The maximum atomic E-state index is 5.62. The molecule has 2 aromatic heterocycles. The molecule has 0 bridgehead atoms. The first-order valence-electron chi connectivity index (χ1n) is 4.26. The Morgan fingerprint density at radius 3 is 2.60 bits per heavy atom. The number of nitrogen functional groups attached to an aromatic ring is 1. The first kappa shape index (κ1) is 9.38. The van der Waals surface area contributed by atoms with Gasteiger partial charge in [0.15, 0.2) is 11.5 Å². The minimum absolute atomic E-state index is 0.268. The number of rotatable bonds is 2. The molecule has 0 atom stereocenters. The topological polar surface area (TPSA) is 94.0 Å². The molecular formula is C8H10N6O. The van der Waals surface area contributed by atoms with Gasteiger partial charge in [0, 0.05) is 26.5 Å². The molecule has 7 heteroatoms. The van der Waals surface area contributed by atoms with Gasteiger partial charge in [0.05, 0.1) is 0 Å². The number of hydrogen-bond donors (Lipinski definition) is 1. The fourth-order valence-corrected chi connectivity index (χ4v) is 1.01. The van der Waals surface area contributed by atoms with Gasteiger partial charge in [-0.3, -0.25) is 0 Å². The molecule has 2 heterocycles. The van der Waals surface area contributed by atoms with Gasteiger partial charge in [-0.05, 0) is 5.16 Å². The molecule has 0 saturated heterocycles. The molecule has 0 amide bonds. The number of hydrogen-bond acceptors (Lipinski definition) is 7. The highest BCUT2D eigenvalue weighted by Crippen LogP contribution is 2.20. The van der Waals surface area contributed by atoms with Crippen molar-refractivity contribution in [2.45, 2.75) is 0 Å². The zero-order valence-corrected chi connectivity index (χ0v) is 8.38. The summed E-state index contributed by atoms with van der Waals surface area (Å²) in [7, 11) is 3.63. The van der Waals surface area contributed by atoms with E-state index < -0.39 is 0 Å². The van der Waals surface area contributed by atoms with Crippen LogP contribution < -0.4 is 10.6 Å². The number of anilines is 2. The molecule has 0 fully saturated rings. The van der Waals surface area contributed by atoms with E-state index in [4.69, 9.17) is 10.3 Å². The molecule has 0 unspecified atom stereocenters. The maximum absolute atomic E-state index is 5.62. The summed E-state index contributed by atoms with van der Waals surface area (Å²) in [5.41, 5.74) is 6.02. The first-order chi connectivity index (χ1) is 7.18. The van der Waals surface area contributed by atoms with Crippen LogP contribution in [0.15, 0.2) is 16.9 Å². The fraction of sp³-hybridized carbons (Fsp3) is 0.250. The van der Waals surface area contributed by atoms with Crippen LogP contribution in [0.1, 0.15) is 0 Å². The van der Waals surface area contributed by atoms with Crippen molar-refractivity contribution in [3.63, 3.8) is 0 Å². The summed E-state index contributed by atoms with van der Waals surface area (Å²) in [6.45, 7) is 0. The van der Waals surface area contributed by atoms with Crippen LogP contribution in [-0.4, -0.2) is 34.2 Å². The number of nitrogens with two attached hydrogens (primary N) is 1. The Bertz CT molecular complexity index is 466. The third-order valence-electron chi connectivity index (χ3n) is 1.74. The van der Waals surface area contributed by atoms with E-state index in [9.17, 15) is 0 Å². The molecule has 2 rings (SSSR count). The lowest BCUT2D eigenvalue weighted by atomic mass is 10.4. The van der Waals surface area contributed by atoms with Gasteiger partial charge in [0.25, 0.3) is 11.8 Å². The van der Waals surface area contributed by atoms with Crippen LogP contribution in [0.3, 0.4) is 0 Å². The largest absolute Gasteiger partial charge is 0.382 e. The van der Waals surface area contributed by atoms with Crippen LogP contribution in [0, 0.1) is 0 Å². The Kier molecular flexibility index (Phi) is 2.20. The molecule has 0 aromatic carbocycles. The van der Waals surface area contributed by atoms with Gasteiger partial charge in [0.2, 0.25) is 0 Å². The van der Waals surface area contributed by atoms with Crippen molar-refractivity contribution in [1.29, 1.82) is 0 Å². The minimum atomic E-state index is 0.268. The van der Waals surface area contributed by atoms with Gasteiger partial charge in [-0.15, -0.1) is 0 Å². The van der Waals surface area contributed by atoms with E-state index in [1.165, 1.54) is 12.4 Å². The van der Waals surface area contributed by atoms with Crippen LogP contribution >= 0.6 is 0 Å². The molecular weight excluding hydrogens is 196 g/mol. The summed E-state index contributed by atoms with van der Waals surface area (Å²) in [5, 5.41) is 3.75. The number of aromatic nitrogens is 4. The van der Waals surface area contributed by atoms with Crippen LogP contribution in [0.25, 0.3) is 11.6 Å². The van der Waals surface area contributed by atoms with E-state index in [2.05, 4.69) is 20.1 Å². The standard InChI is InChI=1S/C8H10N6O/c1-14(2)8-12-7(15-13-8)5-6(9)11-4-3-10-5/h3-4H,1-2H3,(H2,9,11). The van der Waals surface area contributed by atoms with Crippen LogP contribution in [-0.2, 0) is 0 Å². The lowest BCUT2D eigenvalue weighted by Gasteiger charge is -2.02. The van der Waals surface area contributed by atoms with Gasteiger partial charge < -0.3 is 15.2 Å². The van der Waals surface area contributed by atoms with Crippen LogP contribution in [0.5, 0.6) is 0 Å². The van der Waals surface area contributed by atoms with Gasteiger partial charge in [-0.1, -0.05) is 0 Å². The zero-order chi connectivity index (χ0) is 10.8. The Morgan fingerprint density at radius 1 is 1.27 bits per heavy atom. The molecule has 0 aliphatic heterocycles. The minimum Gasteiger partial charge on any atom is -0.382 e. The average molecular weight is 206 g/mol. The zero-order valence-electron chi connectivity index (χ0n) is 8.38. The first-order valence-corrected chi connectivity index (χ1v) is 4.26. The van der Waals surface area contributed by atoms with Crippen LogP contribution in [0.4, 0.5) is 11.8 Å². The van der Waals surface area contributed by atoms with E-state index >= 15 is 0 Å². The Labute approximate surface area is 85.9 Å². The normalized spacial score (nSPS) is 10.3. The molecule has 0 aliphatic carbocycles. The van der Waals surface area contributed by atoms with Crippen molar-refractivity contribution in [2.24, 2.45) is 0 Å². The van der Waals surface area contributed by atoms with E-state index in [-0.39, 0.29) is 11.7 Å². The van der Waals surface area contributed by atoms with Gasteiger partial charge in [-0.25, -0.2) is 9.97 Å². The molecule has 78 valence electrons. The second kappa shape index (κ2) is 3.52. The summed E-state index contributed by atoms with van der Waals surface area (Å²) in [4.78, 5) is 13.7. The van der Waals surface area contributed by atoms with Crippen molar-refractivity contribution >= 4 is 11.8 Å². The van der Waals surface area contributed by atoms with Gasteiger partial charge >= 0.3 is 0 Å². The van der Waals surface area contributed by atoms with E-state index in [0.717, 1.165) is 0 Å². The highest BCUT2D eigenvalue weighted by Gasteiger charge is 2.14. The molecule has 0 aliphatic rings. The van der Waals surface area contributed by atoms with Gasteiger partial charge in [-0.2, -0.15) is 4.98 Å². The third-order valence-corrected chi connectivity index (χ3v) is 1.74. The summed E-state index contributed by atoms with van der Waals surface area (Å²) < 4.78 is 5.01.